The van der Waals surface area contributed by atoms with Crippen molar-refractivity contribution in [3.8, 4) is 0 Å². The van der Waals surface area contributed by atoms with Crippen LogP contribution in [0.25, 0.3) is 0 Å². The molecule has 1 heterocycles. The first-order valence-corrected chi connectivity index (χ1v) is 6.36. The van der Waals surface area contributed by atoms with Crippen LogP contribution in [0.2, 0.25) is 0 Å². The molecule has 1 aliphatic heterocycles. The van der Waals surface area contributed by atoms with E-state index in [1.54, 1.807) is 6.92 Å². The number of aliphatic hydroxyl groups excluding tert-OH is 1. The zero-order valence-corrected chi connectivity index (χ0v) is 10.9. The van der Waals surface area contributed by atoms with E-state index in [0.717, 1.165) is 30.9 Å². The Morgan fingerprint density at radius 2 is 2.11 bits per heavy atom. The number of hydrogen-bond donors (Lipinski definition) is 2. The van der Waals surface area contributed by atoms with E-state index in [9.17, 15) is 9.90 Å². The Morgan fingerprint density at radius 1 is 1.44 bits per heavy atom. The third-order valence-electron chi connectivity index (χ3n) is 3.45. The Kier molecular flexibility index (Phi) is 3.99. The number of hydrogen-bond acceptors (Lipinski definition) is 4. The molecule has 1 fully saturated rings. The second kappa shape index (κ2) is 5.50. The number of carbonyl (C=O) groups excluding carboxylic acids is 1. The predicted molar refractivity (Wildman–Crippen MR) is 72.1 cm³/mol. The van der Waals surface area contributed by atoms with Crippen molar-refractivity contribution in [2.45, 2.75) is 26.0 Å². The first-order valence-electron chi connectivity index (χ1n) is 6.36. The van der Waals surface area contributed by atoms with E-state index in [1.165, 1.54) is 0 Å². The van der Waals surface area contributed by atoms with Crippen molar-refractivity contribution in [2.75, 3.05) is 24.5 Å². The normalized spacial score (nSPS) is 21.7. The van der Waals surface area contributed by atoms with Crippen molar-refractivity contribution in [1.82, 2.24) is 5.32 Å². The summed E-state index contributed by atoms with van der Waals surface area (Å²) in [7, 11) is 0. The average Bonchev–Trinajstić information content (AvgIpc) is 2.39. The molecular formula is C14H20N2O2. The van der Waals surface area contributed by atoms with E-state index in [4.69, 9.17) is 0 Å². The summed E-state index contributed by atoms with van der Waals surface area (Å²) in [6.07, 6.45) is -0.384. The Morgan fingerprint density at radius 3 is 2.67 bits per heavy atom. The number of anilines is 1. The topological polar surface area (TPSA) is 52.6 Å². The molecule has 0 radical (unpaired) electrons. The quantitative estimate of drug-likeness (QED) is 0.785. The molecular weight excluding hydrogens is 228 g/mol. The second-order valence-electron chi connectivity index (χ2n) is 4.81. The summed E-state index contributed by atoms with van der Waals surface area (Å²) in [5, 5.41) is 13.1. The number of carbonyl (C=O) groups is 1. The average molecular weight is 248 g/mol. The maximum Gasteiger partial charge on any atom is 0.159 e. The summed E-state index contributed by atoms with van der Waals surface area (Å²) in [5.41, 5.74) is 1.79. The van der Waals surface area contributed by atoms with Gasteiger partial charge < -0.3 is 15.3 Å². The van der Waals surface area contributed by atoms with Crippen molar-refractivity contribution in [2.24, 2.45) is 0 Å². The van der Waals surface area contributed by atoms with Crippen molar-refractivity contribution in [3.63, 3.8) is 0 Å². The van der Waals surface area contributed by atoms with Gasteiger partial charge in [-0.1, -0.05) is 0 Å². The Bertz CT molecular complexity index is 414. The lowest BCUT2D eigenvalue weighted by Crippen LogP contribution is -2.55. The number of aliphatic hydroxyl groups is 1. The van der Waals surface area contributed by atoms with Crippen LogP contribution in [-0.4, -0.2) is 42.7 Å². The Labute approximate surface area is 108 Å². The minimum atomic E-state index is -0.384. The standard InChI is InChI=1S/C14H20N2O2/c1-10(17)12-3-5-13(6-4-12)16-8-7-15-9-14(16)11(2)18/h3-6,11,14-15,18H,7-9H2,1-2H3. The van der Waals surface area contributed by atoms with Crippen molar-refractivity contribution in [1.29, 1.82) is 0 Å². The summed E-state index contributed by atoms with van der Waals surface area (Å²) in [5.74, 6) is 0.0777. The summed E-state index contributed by atoms with van der Waals surface area (Å²) in [6.45, 7) is 5.95. The molecule has 1 aromatic carbocycles. The molecule has 4 nitrogen and oxygen atoms in total. The summed E-state index contributed by atoms with van der Waals surface area (Å²) in [4.78, 5) is 13.4. The Balaban J connectivity index is 2.20. The van der Waals surface area contributed by atoms with Gasteiger partial charge in [0.05, 0.1) is 12.1 Å². The van der Waals surface area contributed by atoms with Crippen LogP contribution >= 0.6 is 0 Å². The third-order valence-corrected chi connectivity index (χ3v) is 3.45. The number of nitrogens with one attached hydrogen (secondary N) is 1. The highest BCUT2D eigenvalue weighted by molar-refractivity contribution is 5.94. The smallest absolute Gasteiger partial charge is 0.159 e. The first kappa shape index (κ1) is 13.1. The van der Waals surface area contributed by atoms with Crippen molar-refractivity contribution < 1.29 is 9.90 Å². The molecule has 1 aromatic rings. The minimum absolute atomic E-state index is 0.0777. The van der Waals surface area contributed by atoms with Crippen LogP contribution < -0.4 is 10.2 Å². The number of Topliss-reactive ketones (excluding diaryl/α,β-unsaturated/α-hetero) is 1. The molecule has 0 amide bonds. The van der Waals surface area contributed by atoms with Gasteiger partial charge in [-0.25, -0.2) is 0 Å². The molecule has 1 saturated heterocycles. The largest absolute Gasteiger partial charge is 0.391 e. The van der Waals surface area contributed by atoms with E-state index < -0.39 is 0 Å². The SMILES string of the molecule is CC(=O)c1ccc(N2CCNCC2C(C)O)cc1. The van der Waals surface area contributed by atoms with Gasteiger partial charge in [0.15, 0.2) is 5.78 Å². The maximum atomic E-state index is 11.2. The highest BCUT2D eigenvalue weighted by Crippen LogP contribution is 2.21. The van der Waals surface area contributed by atoms with Gasteiger partial charge >= 0.3 is 0 Å². The van der Waals surface area contributed by atoms with Crippen LogP contribution in [0.4, 0.5) is 5.69 Å². The van der Waals surface area contributed by atoms with Crippen LogP contribution in [0, 0.1) is 0 Å². The fourth-order valence-electron chi connectivity index (χ4n) is 2.36. The zero-order valence-electron chi connectivity index (χ0n) is 10.9. The van der Waals surface area contributed by atoms with Gasteiger partial charge in [0, 0.05) is 30.9 Å². The summed E-state index contributed by atoms with van der Waals surface area (Å²) in [6, 6.07) is 7.69. The van der Waals surface area contributed by atoms with E-state index >= 15 is 0 Å². The Hall–Kier alpha value is -1.39. The van der Waals surface area contributed by atoms with E-state index in [2.05, 4.69) is 10.2 Å². The van der Waals surface area contributed by atoms with Crippen molar-refractivity contribution >= 4 is 11.5 Å². The molecule has 0 bridgehead atoms. The lowest BCUT2D eigenvalue weighted by molar-refractivity contribution is 0.101. The number of rotatable bonds is 3. The highest BCUT2D eigenvalue weighted by Gasteiger charge is 2.26. The van der Waals surface area contributed by atoms with Crippen molar-refractivity contribution in [3.05, 3.63) is 29.8 Å². The molecule has 0 aromatic heterocycles. The lowest BCUT2D eigenvalue weighted by Gasteiger charge is -2.39. The summed E-state index contributed by atoms with van der Waals surface area (Å²) >= 11 is 0. The van der Waals surface area contributed by atoms with Gasteiger partial charge in [-0.05, 0) is 38.1 Å². The molecule has 2 unspecified atom stereocenters. The monoisotopic (exact) mass is 248 g/mol. The fourth-order valence-corrected chi connectivity index (χ4v) is 2.36. The highest BCUT2D eigenvalue weighted by atomic mass is 16.3. The predicted octanol–water partition coefficient (Wildman–Crippen LogP) is 1.05. The molecule has 4 heteroatoms. The number of benzene rings is 1. The van der Waals surface area contributed by atoms with Gasteiger partial charge in [-0.3, -0.25) is 4.79 Å². The molecule has 98 valence electrons. The van der Waals surface area contributed by atoms with Gasteiger partial charge in [-0.15, -0.1) is 0 Å². The fraction of sp³-hybridized carbons (Fsp3) is 0.500. The zero-order chi connectivity index (χ0) is 13.1. The molecule has 1 aliphatic rings. The van der Waals surface area contributed by atoms with E-state index in [1.807, 2.05) is 31.2 Å². The maximum absolute atomic E-state index is 11.2. The van der Waals surface area contributed by atoms with Gasteiger partial charge in [-0.2, -0.15) is 0 Å². The number of ketones is 1. The van der Waals surface area contributed by atoms with Crippen LogP contribution in [0.15, 0.2) is 24.3 Å². The number of nitrogens with zero attached hydrogens (tertiary/aromatic N) is 1. The van der Waals surface area contributed by atoms with Crippen LogP contribution in [-0.2, 0) is 0 Å². The van der Waals surface area contributed by atoms with Crippen LogP contribution in [0.5, 0.6) is 0 Å². The van der Waals surface area contributed by atoms with E-state index in [-0.39, 0.29) is 17.9 Å². The van der Waals surface area contributed by atoms with E-state index in [0.29, 0.717) is 0 Å². The molecule has 2 atom stereocenters. The van der Waals surface area contributed by atoms with Crippen LogP contribution in [0.1, 0.15) is 24.2 Å². The first-order chi connectivity index (χ1) is 8.59. The van der Waals surface area contributed by atoms with Gasteiger partial charge in [0.1, 0.15) is 0 Å². The molecule has 2 rings (SSSR count). The molecule has 0 saturated carbocycles. The van der Waals surface area contributed by atoms with Gasteiger partial charge in [0.2, 0.25) is 0 Å². The van der Waals surface area contributed by atoms with Crippen LogP contribution in [0.3, 0.4) is 0 Å². The minimum Gasteiger partial charge on any atom is -0.391 e. The lowest BCUT2D eigenvalue weighted by atomic mass is 10.1. The molecule has 0 spiro atoms. The van der Waals surface area contributed by atoms with Gasteiger partial charge in [0.25, 0.3) is 0 Å². The second-order valence-corrected chi connectivity index (χ2v) is 4.81. The number of piperazine rings is 1. The molecule has 2 N–H and O–H groups in total. The summed E-state index contributed by atoms with van der Waals surface area (Å²) < 4.78 is 0. The third kappa shape index (κ3) is 2.71. The molecule has 0 aliphatic carbocycles. The molecule has 18 heavy (non-hydrogen) atoms.